The van der Waals surface area contributed by atoms with E-state index >= 15 is 0 Å². The predicted octanol–water partition coefficient (Wildman–Crippen LogP) is 3.71. The number of carbonyl (C=O) groups is 1. The summed E-state index contributed by atoms with van der Waals surface area (Å²) in [5.74, 6) is 0. The number of benzene rings is 2. The third-order valence-corrected chi connectivity index (χ3v) is 4.48. The number of hydrogen-bond donors (Lipinski definition) is 3. The van der Waals surface area contributed by atoms with E-state index in [1.165, 1.54) is 5.56 Å². The molecule has 3 N–H and O–H groups in total. The summed E-state index contributed by atoms with van der Waals surface area (Å²) in [6.45, 7) is 6.68. The molecule has 5 heteroatoms. The molecule has 1 amide bonds. The van der Waals surface area contributed by atoms with Gasteiger partial charge in [-0.1, -0.05) is 60.7 Å². The van der Waals surface area contributed by atoms with Crippen molar-refractivity contribution < 1.29 is 14.6 Å². The monoisotopic (exact) mass is 398 g/mol. The summed E-state index contributed by atoms with van der Waals surface area (Å²) < 4.78 is 5.37. The van der Waals surface area contributed by atoms with Gasteiger partial charge in [0.25, 0.3) is 0 Å². The maximum Gasteiger partial charge on any atom is 0.407 e. The summed E-state index contributed by atoms with van der Waals surface area (Å²) in [5, 5.41) is 16.8. The summed E-state index contributed by atoms with van der Waals surface area (Å²) >= 11 is 0. The van der Waals surface area contributed by atoms with Crippen LogP contribution in [0.3, 0.4) is 0 Å². The highest BCUT2D eigenvalue weighted by Gasteiger charge is 2.24. The average Bonchev–Trinajstić information content (AvgIpc) is 2.67. The van der Waals surface area contributed by atoms with Crippen molar-refractivity contribution in [1.82, 2.24) is 10.6 Å². The van der Waals surface area contributed by atoms with Gasteiger partial charge in [-0.2, -0.15) is 0 Å². The molecule has 0 unspecified atom stereocenters. The minimum Gasteiger partial charge on any atom is -0.444 e. The molecule has 0 aromatic heterocycles. The number of rotatable bonds is 10. The standard InChI is InChI=1S/C24H34N2O3/c1-24(2,3)29-23(28)26-21(17-20-13-8-5-9-14-20)22(27)18-25-16-10-15-19-11-6-4-7-12-19/h4-9,11-14,21-22,25,27H,10,15-18H2,1-3H3,(H,26,28)/t21-,22+/m0/s1. The Morgan fingerprint density at radius 3 is 2.17 bits per heavy atom. The van der Waals surface area contributed by atoms with Crippen LogP contribution in [0.1, 0.15) is 38.3 Å². The molecule has 0 saturated heterocycles. The van der Waals surface area contributed by atoms with E-state index in [9.17, 15) is 9.90 Å². The first-order valence-corrected chi connectivity index (χ1v) is 10.3. The van der Waals surface area contributed by atoms with Crippen LogP contribution in [0.2, 0.25) is 0 Å². The van der Waals surface area contributed by atoms with Crippen molar-refractivity contribution in [3.05, 3.63) is 71.8 Å². The Kier molecular flexibility index (Phi) is 9.16. The predicted molar refractivity (Wildman–Crippen MR) is 117 cm³/mol. The molecule has 0 radical (unpaired) electrons. The van der Waals surface area contributed by atoms with Crippen molar-refractivity contribution in [2.24, 2.45) is 0 Å². The molecule has 158 valence electrons. The van der Waals surface area contributed by atoms with E-state index in [0.29, 0.717) is 13.0 Å². The lowest BCUT2D eigenvalue weighted by Crippen LogP contribution is -2.50. The van der Waals surface area contributed by atoms with Gasteiger partial charge in [0.2, 0.25) is 0 Å². The number of ether oxygens (including phenoxy) is 1. The number of aliphatic hydroxyl groups is 1. The third kappa shape index (κ3) is 9.59. The molecule has 0 bridgehead atoms. The number of amides is 1. The van der Waals surface area contributed by atoms with Gasteiger partial charge >= 0.3 is 6.09 Å². The Morgan fingerprint density at radius 1 is 1.00 bits per heavy atom. The maximum atomic E-state index is 12.2. The zero-order chi connectivity index (χ0) is 21.1. The van der Waals surface area contributed by atoms with Crippen molar-refractivity contribution in [2.75, 3.05) is 13.1 Å². The van der Waals surface area contributed by atoms with Crippen LogP contribution in [0.5, 0.6) is 0 Å². The highest BCUT2D eigenvalue weighted by Crippen LogP contribution is 2.10. The first kappa shape index (κ1) is 22.9. The quantitative estimate of drug-likeness (QED) is 0.534. The van der Waals surface area contributed by atoms with Crippen LogP contribution in [0, 0.1) is 0 Å². The molecule has 29 heavy (non-hydrogen) atoms. The summed E-state index contributed by atoms with van der Waals surface area (Å²) in [6.07, 6.45) is 1.28. The first-order chi connectivity index (χ1) is 13.8. The van der Waals surface area contributed by atoms with Gasteiger partial charge in [-0.05, 0) is 57.7 Å². The molecular weight excluding hydrogens is 364 g/mol. The van der Waals surface area contributed by atoms with Gasteiger partial charge in [0.1, 0.15) is 5.60 Å². The average molecular weight is 399 g/mol. The second kappa shape index (κ2) is 11.6. The molecule has 5 nitrogen and oxygen atoms in total. The van der Waals surface area contributed by atoms with E-state index in [1.807, 2.05) is 69.3 Å². The molecule has 0 fully saturated rings. The fourth-order valence-electron chi connectivity index (χ4n) is 3.06. The van der Waals surface area contributed by atoms with Crippen molar-refractivity contribution in [2.45, 2.75) is 57.8 Å². The SMILES string of the molecule is CC(C)(C)OC(=O)N[C@@H](Cc1ccccc1)[C@H](O)CNCCCc1ccccc1. The molecular formula is C24H34N2O3. The van der Waals surface area contributed by atoms with Crippen LogP contribution in [-0.4, -0.2) is 42.0 Å². The van der Waals surface area contributed by atoms with Crippen LogP contribution >= 0.6 is 0 Å². The third-order valence-electron chi connectivity index (χ3n) is 4.48. The van der Waals surface area contributed by atoms with E-state index in [1.54, 1.807) is 0 Å². The zero-order valence-corrected chi connectivity index (χ0v) is 17.7. The second-order valence-electron chi connectivity index (χ2n) is 8.30. The van der Waals surface area contributed by atoms with Crippen LogP contribution < -0.4 is 10.6 Å². The Labute approximate surface area is 174 Å². The molecule has 2 aromatic rings. The van der Waals surface area contributed by atoms with E-state index in [0.717, 1.165) is 24.9 Å². The van der Waals surface area contributed by atoms with Crippen molar-refractivity contribution in [1.29, 1.82) is 0 Å². The minimum atomic E-state index is -0.723. The smallest absolute Gasteiger partial charge is 0.407 e. The van der Waals surface area contributed by atoms with Gasteiger partial charge in [-0.25, -0.2) is 4.79 Å². The molecule has 0 aliphatic heterocycles. The first-order valence-electron chi connectivity index (χ1n) is 10.3. The largest absolute Gasteiger partial charge is 0.444 e. The molecule has 0 aliphatic rings. The topological polar surface area (TPSA) is 70.6 Å². The van der Waals surface area contributed by atoms with Gasteiger partial charge in [0.15, 0.2) is 0 Å². The molecule has 2 atom stereocenters. The number of aryl methyl sites for hydroxylation is 1. The highest BCUT2D eigenvalue weighted by molar-refractivity contribution is 5.68. The van der Waals surface area contributed by atoms with Crippen LogP contribution in [0.25, 0.3) is 0 Å². The number of nitrogens with one attached hydrogen (secondary N) is 2. The molecule has 0 spiro atoms. The van der Waals surface area contributed by atoms with Crippen molar-refractivity contribution in [3.8, 4) is 0 Å². The Bertz CT molecular complexity index is 714. The van der Waals surface area contributed by atoms with Crippen LogP contribution in [0.15, 0.2) is 60.7 Å². The maximum absolute atomic E-state index is 12.2. The lowest BCUT2D eigenvalue weighted by atomic mass is 10.0. The van der Waals surface area contributed by atoms with Crippen LogP contribution in [-0.2, 0) is 17.6 Å². The van der Waals surface area contributed by atoms with E-state index in [4.69, 9.17) is 4.74 Å². The van der Waals surface area contributed by atoms with Gasteiger partial charge < -0.3 is 20.5 Å². The normalized spacial score (nSPS) is 13.5. The van der Waals surface area contributed by atoms with Gasteiger partial charge in [-0.3, -0.25) is 0 Å². The Morgan fingerprint density at radius 2 is 1.59 bits per heavy atom. The number of alkyl carbamates (subject to hydrolysis) is 1. The molecule has 0 saturated carbocycles. The van der Waals surface area contributed by atoms with Gasteiger partial charge in [0.05, 0.1) is 12.1 Å². The molecule has 2 rings (SSSR count). The number of aliphatic hydroxyl groups excluding tert-OH is 1. The summed E-state index contributed by atoms with van der Waals surface area (Å²) in [6, 6.07) is 19.7. The van der Waals surface area contributed by atoms with Gasteiger partial charge in [0, 0.05) is 6.54 Å². The zero-order valence-electron chi connectivity index (χ0n) is 17.7. The molecule has 0 heterocycles. The van der Waals surface area contributed by atoms with Gasteiger partial charge in [-0.15, -0.1) is 0 Å². The highest BCUT2D eigenvalue weighted by atomic mass is 16.6. The van der Waals surface area contributed by atoms with Crippen molar-refractivity contribution >= 4 is 6.09 Å². The van der Waals surface area contributed by atoms with E-state index in [2.05, 4.69) is 22.8 Å². The fraction of sp³-hybridized carbons (Fsp3) is 0.458. The Balaban J connectivity index is 1.84. The number of carbonyl (C=O) groups excluding carboxylic acids is 1. The Hall–Kier alpha value is -2.37. The number of hydrogen-bond acceptors (Lipinski definition) is 4. The van der Waals surface area contributed by atoms with E-state index in [-0.39, 0.29) is 0 Å². The lowest BCUT2D eigenvalue weighted by molar-refractivity contribution is 0.0422. The van der Waals surface area contributed by atoms with Crippen molar-refractivity contribution in [3.63, 3.8) is 0 Å². The molecule has 2 aromatic carbocycles. The summed E-state index contributed by atoms with van der Waals surface area (Å²) in [5.41, 5.74) is 1.78. The molecule has 0 aliphatic carbocycles. The lowest BCUT2D eigenvalue weighted by Gasteiger charge is -2.27. The summed E-state index contributed by atoms with van der Waals surface area (Å²) in [4.78, 5) is 12.2. The summed E-state index contributed by atoms with van der Waals surface area (Å²) in [7, 11) is 0. The minimum absolute atomic E-state index is 0.405. The fourth-order valence-corrected chi connectivity index (χ4v) is 3.06. The second-order valence-corrected chi connectivity index (χ2v) is 8.30. The van der Waals surface area contributed by atoms with Crippen LogP contribution in [0.4, 0.5) is 4.79 Å². The van der Waals surface area contributed by atoms with E-state index < -0.39 is 23.8 Å².